The van der Waals surface area contributed by atoms with E-state index >= 15 is 0 Å². The number of aliphatic hydroxyl groups excluding tert-OH is 1. The normalized spacial score (nSPS) is 13.1. The zero-order valence-electron chi connectivity index (χ0n) is 7.98. The number of hydrogen-bond acceptors (Lipinski definition) is 4. The van der Waals surface area contributed by atoms with E-state index in [0.29, 0.717) is 11.6 Å². The van der Waals surface area contributed by atoms with Crippen LogP contribution in [0.15, 0.2) is 12.1 Å². The van der Waals surface area contributed by atoms with Crippen LogP contribution in [0.5, 0.6) is 0 Å². The number of H-pyrrole nitrogens is 1. The Morgan fingerprint density at radius 2 is 2.29 bits per heavy atom. The number of aromatic amines is 1. The summed E-state index contributed by atoms with van der Waals surface area (Å²) in [7, 11) is 0. The minimum absolute atomic E-state index is 0.506. The third-order valence-corrected chi connectivity index (χ3v) is 2.86. The van der Waals surface area contributed by atoms with Crippen molar-refractivity contribution in [3.63, 3.8) is 0 Å². The van der Waals surface area contributed by atoms with Gasteiger partial charge >= 0.3 is 0 Å². The molecule has 0 aliphatic rings. The Bertz CT molecular complexity index is 433. The fourth-order valence-electron chi connectivity index (χ4n) is 1.13. The summed E-state index contributed by atoms with van der Waals surface area (Å²) in [6.45, 7) is 3.69. The lowest BCUT2D eigenvalue weighted by Crippen LogP contribution is -1.92. The SMILES string of the molecule is Cc1ccc(-c2n[nH]c(C(C)O)n2)s1. The highest BCUT2D eigenvalue weighted by Crippen LogP contribution is 2.24. The van der Waals surface area contributed by atoms with Crippen LogP contribution < -0.4 is 0 Å². The Labute approximate surface area is 85.6 Å². The van der Waals surface area contributed by atoms with Crippen molar-refractivity contribution in [2.45, 2.75) is 20.0 Å². The minimum Gasteiger partial charge on any atom is -0.385 e. The average molecular weight is 209 g/mol. The summed E-state index contributed by atoms with van der Waals surface area (Å²) in [5, 5.41) is 16.0. The molecule has 0 saturated heterocycles. The molecule has 0 bridgehead atoms. The molecule has 0 aliphatic heterocycles. The lowest BCUT2D eigenvalue weighted by molar-refractivity contribution is 0.189. The molecule has 0 saturated carbocycles. The van der Waals surface area contributed by atoms with Gasteiger partial charge in [0.05, 0.1) is 4.88 Å². The molecular weight excluding hydrogens is 198 g/mol. The second kappa shape index (κ2) is 3.51. The number of thiophene rings is 1. The Balaban J connectivity index is 2.33. The third kappa shape index (κ3) is 1.69. The summed E-state index contributed by atoms with van der Waals surface area (Å²) in [6.07, 6.45) is -0.600. The Morgan fingerprint density at radius 3 is 2.79 bits per heavy atom. The van der Waals surface area contributed by atoms with E-state index in [2.05, 4.69) is 15.2 Å². The van der Waals surface area contributed by atoms with Gasteiger partial charge in [0, 0.05) is 4.88 Å². The van der Waals surface area contributed by atoms with Crippen LogP contribution in [0.25, 0.3) is 10.7 Å². The number of aromatic nitrogens is 3. The van der Waals surface area contributed by atoms with Gasteiger partial charge in [-0.25, -0.2) is 4.98 Å². The van der Waals surface area contributed by atoms with E-state index in [9.17, 15) is 5.11 Å². The largest absolute Gasteiger partial charge is 0.385 e. The summed E-state index contributed by atoms with van der Waals surface area (Å²) >= 11 is 1.64. The topological polar surface area (TPSA) is 61.8 Å². The molecule has 0 radical (unpaired) electrons. The standard InChI is InChI=1S/C9H11N3OS/c1-5-3-4-7(14-5)9-10-8(6(2)13)11-12-9/h3-4,6,13H,1-2H3,(H,10,11,12). The van der Waals surface area contributed by atoms with Crippen LogP contribution >= 0.6 is 11.3 Å². The monoisotopic (exact) mass is 209 g/mol. The summed E-state index contributed by atoms with van der Waals surface area (Å²) in [5.41, 5.74) is 0. The Hall–Kier alpha value is -1.20. The van der Waals surface area contributed by atoms with Crippen LogP contribution in [0.1, 0.15) is 23.7 Å². The van der Waals surface area contributed by atoms with Gasteiger partial charge in [0.2, 0.25) is 0 Å². The van der Waals surface area contributed by atoms with Gasteiger partial charge in [0.25, 0.3) is 0 Å². The molecule has 2 aromatic rings. The first-order chi connectivity index (χ1) is 6.66. The van der Waals surface area contributed by atoms with Crippen molar-refractivity contribution in [3.05, 3.63) is 22.8 Å². The Kier molecular flexibility index (Phi) is 2.35. The lowest BCUT2D eigenvalue weighted by Gasteiger charge is -1.94. The summed E-state index contributed by atoms with van der Waals surface area (Å²) in [5.74, 6) is 1.16. The number of nitrogens with one attached hydrogen (secondary N) is 1. The van der Waals surface area contributed by atoms with Crippen LogP contribution in [-0.2, 0) is 0 Å². The second-order valence-electron chi connectivity index (χ2n) is 3.13. The van der Waals surface area contributed by atoms with E-state index in [1.165, 1.54) is 4.88 Å². The fourth-order valence-corrected chi connectivity index (χ4v) is 1.93. The molecule has 1 unspecified atom stereocenters. The molecule has 1 atom stereocenters. The highest BCUT2D eigenvalue weighted by atomic mass is 32.1. The average Bonchev–Trinajstić information content (AvgIpc) is 2.70. The number of nitrogens with zero attached hydrogens (tertiary/aromatic N) is 2. The van der Waals surface area contributed by atoms with E-state index in [0.717, 1.165) is 4.88 Å². The van der Waals surface area contributed by atoms with Crippen LogP contribution in [0.4, 0.5) is 0 Å². The first-order valence-corrected chi connectivity index (χ1v) is 5.15. The predicted octanol–water partition coefficient (Wildman–Crippen LogP) is 1.89. The highest BCUT2D eigenvalue weighted by molar-refractivity contribution is 7.15. The molecule has 0 fully saturated rings. The molecule has 14 heavy (non-hydrogen) atoms. The molecule has 0 aliphatic carbocycles. The number of aryl methyl sites for hydroxylation is 1. The first-order valence-electron chi connectivity index (χ1n) is 4.34. The first kappa shape index (κ1) is 9.36. The maximum atomic E-state index is 9.26. The maximum absolute atomic E-state index is 9.26. The lowest BCUT2D eigenvalue weighted by atomic mass is 10.4. The van der Waals surface area contributed by atoms with E-state index in [1.54, 1.807) is 18.3 Å². The van der Waals surface area contributed by atoms with Gasteiger partial charge in [-0.15, -0.1) is 11.3 Å². The van der Waals surface area contributed by atoms with Gasteiger partial charge in [0.15, 0.2) is 11.6 Å². The van der Waals surface area contributed by atoms with Crippen molar-refractivity contribution in [1.82, 2.24) is 15.2 Å². The third-order valence-electron chi connectivity index (χ3n) is 1.86. The summed E-state index contributed by atoms with van der Waals surface area (Å²) in [4.78, 5) is 6.43. The predicted molar refractivity (Wildman–Crippen MR) is 55.1 cm³/mol. The smallest absolute Gasteiger partial charge is 0.191 e. The number of hydrogen-bond donors (Lipinski definition) is 2. The van der Waals surface area contributed by atoms with Crippen molar-refractivity contribution >= 4 is 11.3 Å². The Morgan fingerprint density at radius 1 is 1.50 bits per heavy atom. The van der Waals surface area contributed by atoms with Crippen molar-refractivity contribution in [2.75, 3.05) is 0 Å². The van der Waals surface area contributed by atoms with E-state index in [1.807, 2.05) is 19.1 Å². The zero-order chi connectivity index (χ0) is 10.1. The molecule has 0 amide bonds. The molecule has 74 valence electrons. The zero-order valence-corrected chi connectivity index (χ0v) is 8.80. The van der Waals surface area contributed by atoms with Gasteiger partial charge in [-0.05, 0) is 26.0 Å². The second-order valence-corrected chi connectivity index (χ2v) is 4.42. The number of aliphatic hydroxyl groups is 1. The van der Waals surface area contributed by atoms with Gasteiger partial charge in [0.1, 0.15) is 6.10 Å². The number of rotatable bonds is 2. The molecule has 2 aromatic heterocycles. The van der Waals surface area contributed by atoms with Crippen LogP contribution in [-0.4, -0.2) is 20.3 Å². The molecule has 5 heteroatoms. The van der Waals surface area contributed by atoms with Crippen LogP contribution in [0.3, 0.4) is 0 Å². The van der Waals surface area contributed by atoms with E-state index in [-0.39, 0.29) is 0 Å². The molecular formula is C9H11N3OS. The van der Waals surface area contributed by atoms with Gasteiger partial charge in [-0.2, -0.15) is 5.10 Å². The van der Waals surface area contributed by atoms with Crippen molar-refractivity contribution in [2.24, 2.45) is 0 Å². The highest BCUT2D eigenvalue weighted by Gasteiger charge is 2.10. The molecule has 4 nitrogen and oxygen atoms in total. The molecule has 0 aromatic carbocycles. The summed E-state index contributed by atoms with van der Waals surface area (Å²) in [6, 6.07) is 4.01. The maximum Gasteiger partial charge on any atom is 0.191 e. The molecule has 2 heterocycles. The fraction of sp³-hybridized carbons (Fsp3) is 0.333. The van der Waals surface area contributed by atoms with Gasteiger partial charge < -0.3 is 5.11 Å². The van der Waals surface area contributed by atoms with Crippen LogP contribution in [0.2, 0.25) is 0 Å². The van der Waals surface area contributed by atoms with E-state index < -0.39 is 6.10 Å². The molecule has 0 spiro atoms. The van der Waals surface area contributed by atoms with Crippen LogP contribution in [0, 0.1) is 6.92 Å². The van der Waals surface area contributed by atoms with Gasteiger partial charge in [-0.3, -0.25) is 5.10 Å². The van der Waals surface area contributed by atoms with E-state index in [4.69, 9.17) is 0 Å². The quantitative estimate of drug-likeness (QED) is 0.794. The van der Waals surface area contributed by atoms with Crippen molar-refractivity contribution in [1.29, 1.82) is 0 Å². The minimum atomic E-state index is -0.600. The molecule has 2 N–H and O–H groups in total. The van der Waals surface area contributed by atoms with Crippen molar-refractivity contribution in [3.8, 4) is 10.7 Å². The van der Waals surface area contributed by atoms with Crippen molar-refractivity contribution < 1.29 is 5.11 Å². The van der Waals surface area contributed by atoms with Gasteiger partial charge in [-0.1, -0.05) is 0 Å². The summed E-state index contributed by atoms with van der Waals surface area (Å²) < 4.78 is 0. The molecule has 2 rings (SSSR count).